The largest absolute Gasteiger partial charge is 0.439 e. The van der Waals surface area contributed by atoms with E-state index < -0.39 is 0 Å². The molecule has 1 aromatic carbocycles. The van der Waals surface area contributed by atoms with Crippen molar-refractivity contribution in [2.75, 3.05) is 13.1 Å². The van der Waals surface area contributed by atoms with Crippen LogP contribution in [0.15, 0.2) is 21.4 Å². The van der Waals surface area contributed by atoms with E-state index in [1.54, 1.807) is 0 Å². The third kappa shape index (κ3) is 2.79. The van der Waals surface area contributed by atoms with Gasteiger partial charge in [0.05, 0.1) is 9.92 Å². The maximum atomic E-state index is 6.53. The molecule has 124 valence electrons. The lowest BCUT2D eigenvalue weighted by molar-refractivity contribution is 0.327. The van der Waals surface area contributed by atoms with Gasteiger partial charge in [-0.2, -0.15) is 0 Å². The Morgan fingerprint density at radius 2 is 2.09 bits per heavy atom. The van der Waals surface area contributed by atoms with Gasteiger partial charge in [-0.3, -0.25) is 4.90 Å². The topological polar surface area (TPSA) is 29.3 Å². The summed E-state index contributed by atoms with van der Waals surface area (Å²) in [5.74, 6) is 0.783. The zero-order valence-electron chi connectivity index (χ0n) is 13.9. The fourth-order valence-corrected chi connectivity index (χ4v) is 5.41. The summed E-state index contributed by atoms with van der Waals surface area (Å²) in [4.78, 5) is 8.38. The Labute approximate surface area is 146 Å². The van der Waals surface area contributed by atoms with Gasteiger partial charge in [0.2, 0.25) is 5.89 Å². The van der Waals surface area contributed by atoms with Gasteiger partial charge in [-0.05, 0) is 44.5 Å². The van der Waals surface area contributed by atoms with Crippen molar-refractivity contribution in [2.24, 2.45) is 0 Å². The third-order valence-electron chi connectivity index (χ3n) is 4.92. The van der Waals surface area contributed by atoms with Gasteiger partial charge < -0.3 is 4.42 Å². The Bertz CT molecular complexity index is 736. The molecule has 0 saturated carbocycles. The second-order valence-corrected chi connectivity index (χ2v) is 9.34. The quantitative estimate of drug-likeness (QED) is 0.752. The van der Waals surface area contributed by atoms with Crippen molar-refractivity contribution in [3.8, 4) is 0 Å². The summed E-state index contributed by atoms with van der Waals surface area (Å²) >= 11 is 8.43. The van der Waals surface area contributed by atoms with E-state index in [4.69, 9.17) is 16.0 Å². The first-order valence-electron chi connectivity index (χ1n) is 8.44. The third-order valence-corrected chi connectivity index (χ3v) is 6.84. The lowest BCUT2D eigenvalue weighted by Gasteiger charge is -2.20. The molecule has 2 atom stereocenters. The average Bonchev–Trinajstić information content (AvgIpc) is 3.17. The predicted molar refractivity (Wildman–Crippen MR) is 96.6 cm³/mol. The molecule has 0 bridgehead atoms. The van der Waals surface area contributed by atoms with Crippen LogP contribution in [0.25, 0.3) is 11.1 Å². The van der Waals surface area contributed by atoms with Crippen LogP contribution in [-0.4, -0.2) is 34.3 Å². The Balaban J connectivity index is 1.71. The van der Waals surface area contributed by atoms with Crippen molar-refractivity contribution in [3.05, 3.63) is 23.0 Å². The second kappa shape index (κ2) is 5.68. The van der Waals surface area contributed by atoms with Gasteiger partial charge in [-0.15, -0.1) is 11.8 Å². The number of thioether (sulfide) groups is 1. The summed E-state index contributed by atoms with van der Waals surface area (Å²) in [6, 6.07) is 4.64. The van der Waals surface area contributed by atoms with Crippen molar-refractivity contribution in [1.82, 2.24) is 9.88 Å². The number of rotatable bonds is 2. The van der Waals surface area contributed by atoms with Gasteiger partial charge >= 0.3 is 0 Å². The molecule has 3 heterocycles. The van der Waals surface area contributed by atoms with Crippen LogP contribution in [0.4, 0.5) is 0 Å². The summed E-state index contributed by atoms with van der Waals surface area (Å²) < 4.78 is 6.14. The highest BCUT2D eigenvalue weighted by molar-refractivity contribution is 8.00. The number of aromatic nitrogens is 1. The molecule has 1 aromatic heterocycles. The lowest BCUT2D eigenvalue weighted by Crippen LogP contribution is -2.27. The number of hydrogen-bond donors (Lipinski definition) is 0. The summed E-state index contributed by atoms with van der Waals surface area (Å²) in [5.41, 5.74) is 1.69. The van der Waals surface area contributed by atoms with E-state index in [0.29, 0.717) is 11.3 Å². The maximum absolute atomic E-state index is 6.53. The first-order chi connectivity index (χ1) is 10.9. The highest BCUT2D eigenvalue weighted by atomic mass is 35.5. The Hall–Kier alpha value is -0.710. The molecular formula is C18H23ClN2OS. The van der Waals surface area contributed by atoms with Crippen molar-refractivity contribution in [1.29, 1.82) is 0 Å². The van der Waals surface area contributed by atoms with Gasteiger partial charge in [-0.25, -0.2) is 4.98 Å². The van der Waals surface area contributed by atoms with E-state index in [2.05, 4.69) is 30.7 Å². The van der Waals surface area contributed by atoms with Crippen LogP contribution in [0.1, 0.15) is 45.9 Å². The molecule has 0 radical (unpaired) electrons. The average molecular weight is 351 g/mol. The van der Waals surface area contributed by atoms with Crippen LogP contribution in [0.3, 0.4) is 0 Å². The zero-order valence-corrected chi connectivity index (χ0v) is 15.5. The fourth-order valence-electron chi connectivity index (χ4n) is 3.70. The zero-order chi connectivity index (χ0) is 16.2. The summed E-state index contributed by atoms with van der Waals surface area (Å²) in [5, 5.41) is 1.40. The molecule has 0 N–H and O–H groups in total. The molecule has 2 aliphatic heterocycles. The molecule has 2 aliphatic rings. The Kier molecular flexibility index (Phi) is 3.90. The highest BCUT2D eigenvalue weighted by Crippen LogP contribution is 2.44. The van der Waals surface area contributed by atoms with Crippen molar-refractivity contribution >= 4 is 34.5 Å². The molecule has 0 spiro atoms. The van der Waals surface area contributed by atoms with Crippen molar-refractivity contribution in [2.45, 2.75) is 61.6 Å². The van der Waals surface area contributed by atoms with E-state index in [1.807, 2.05) is 23.9 Å². The smallest absolute Gasteiger partial charge is 0.200 e. The standard InChI is InChI=1S/C18H23ClN2OS/c1-18(2,3)17-20-12-7-6-11(19)16(15(12)22-17)23-14-8-10-21-9-4-5-13(14)21/h6-7,13-14H,4-5,8-10H2,1-3H3/t13-,14-/m0/s1. The van der Waals surface area contributed by atoms with Crippen LogP contribution < -0.4 is 0 Å². The van der Waals surface area contributed by atoms with Gasteiger partial charge in [0.25, 0.3) is 0 Å². The molecule has 2 aromatic rings. The van der Waals surface area contributed by atoms with Gasteiger partial charge in [0.15, 0.2) is 5.58 Å². The molecule has 3 nitrogen and oxygen atoms in total. The summed E-state index contributed by atoms with van der Waals surface area (Å²) in [6.45, 7) is 8.86. The molecule has 2 fully saturated rings. The minimum Gasteiger partial charge on any atom is -0.439 e. The molecule has 4 rings (SSSR count). The second-order valence-electron chi connectivity index (χ2n) is 7.68. The number of fused-ring (bicyclic) bond motifs is 2. The fraction of sp³-hybridized carbons (Fsp3) is 0.611. The Morgan fingerprint density at radius 3 is 2.87 bits per heavy atom. The first-order valence-corrected chi connectivity index (χ1v) is 9.69. The van der Waals surface area contributed by atoms with Crippen LogP contribution in [0.5, 0.6) is 0 Å². The minimum atomic E-state index is -0.0942. The maximum Gasteiger partial charge on any atom is 0.200 e. The molecule has 2 saturated heterocycles. The van der Waals surface area contributed by atoms with E-state index in [0.717, 1.165) is 26.9 Å². The predicted octanol–water partition coefficient (Wildman–Crippen LogP) is 5.11. The normalized spacial score (nSPS) is 25.4. The Morgan fingerprint density at radius 1 is 1.26 bits per heavy atom. The van der Waals surface area contributed by atoms with Gasteiger partial charge in [0, 0.05) is 16.7 Å². The van der Waals surface area contributed by atoms with E-state index in [1.165, 1.54) is 32.4 Å². The number of hydrogen-bond acceptors (Lipinski definition) is 4. The first kappa shape index (κ1) is 15.8. The highest BCUT2D eigenvalue weighted by Gasteiger charge is 2.38. The number of nitrogens with zero attached hydrogens (tertiary/aromatic N) is 2. The summed E-state index contributed by atoms with van der Waals surface area (Å²) in [6.07, 6.45) is 3.88. The minimum absolute atomic E-state index is 0.0942. The van der Waals surface area contributed by atoms with Gasteiger partial charge in [0.1, 0.15) is 5.52 Å². The van der Waals surface area contributed by atoms with Crippen molar-refractivity contribution in [3.63, 3.8) is 0 Å². The number of benzene rings is 1. The number of halogens is 1. The van der Waals surface area contributed by atoms with Crippen LogP contribution in [0, 0.1) is 0 Å². The van der Waals surface area contributed by atoms with Gasteiger partial charge in [-0.1, -0.05) is 32.4 Å². The lowest BCUT2D eigenvalue weighted by atomic mass is 9.97. The summed E-state index contributed by atoms with van der Waals surface area (Å²) in [7, 11) is 0. The molecular weight excluding hydrogens is 328 g/mol. The molecule has 23 heavy (non-hydrogen) atoms. The van der Waals surface area contributed by atoms with E-state index in [-0.39, 0.29) is 5.41 Å². The van der Waals surface area contributed by atoms with Crippen LogP contribution >= 0.6 is 23.4 Å². The number of oxazole rings is 1. The van der Waals surface area contributed by atoms with E-state index in [9.17, 15) is 0 Å². The van der Waals surface area contributed by atoms with Crippen LogP contribution in [-0.2, 0) is 5.41 Å². The molecule has 0 amide bonds. The van der Waals surface area contributed by atoms with Crippen LogP contribution in [0.2, 0.25) is 5.02 Å². The van der Waals surface area contributed by atoms with Crippen molar-refractivity contribution < 1.29 is 4.42 Å². The monoisotopic (exact) mass is 350 g/mol. The van der Waals surface area contributed by atoms with E-state index >= 15 is 0 Å². The molecule has 0 unspecified atom stereocenters. The SMILES string of the molecule is CC(C)(C)c1nc2ccc(Cl)c(S[C@H]3CCN4CCC[C@@H]34)c2o1. The molecule has 5 heteroatoms. The molecule has 0 aliphatic carbocycles.